The molecule has 0 amide bonds. The molecule has 1 aromatic carbocycles. The van der Waals surface area contributed by atoms with Crippen LogP contribution >= 0.6 is 11.3 Å². The number of carboxylic acid groups (broad SMARTS) is 1. The van der Waals surface area contributed by atoms with E-state index in [1.54, 1.807) is 6.07 Å². The lowest BCUT2D eigenvalue weighted by molar-refractivity contribution is -0.143. The van der Waals surface area contributed by atoms with Crippen LogP contribution in [-0.2, 0) is 11.0 Å². The van der Waals surface area contributed by atoms with Crippen LogP contribution in [0.15, 0.2) is 41.1 Å². The standard InChI is InChI=1S/C18H18F3NO2S/c19-18(20,21)15-4-2-1-3-14(15)16(13-7-10-25-11-13)22-8-5-12(6-9-22)17(23)24/h1-4,7,10-12,16H,5-6,8-9H2,(H,23,24). The van der Waals surface area contributed by atoms with E-state index in [-0.39, 0.29) is 5.56 Å². The molecular formula is C18H18F3NO2S. The van der Waals surface area contributed by atoms with E-state index in [1.165, 1.54) is 23.5 Å². The quantitative estimate of drug-likeness (QED) is 0.853. The van der Waals surface area contributed by atoms with Crippen LogP contribution in [-0.4, -0.2) is 29.1 Å². The van der Waals surface area contributed by atoms with Gasteiger partial charge in [0.2, 0.25) is 0 Å². The van der Waals surface area contributed by atoms with E-state index in [0.29, 0.717) is 25.9 Å². The van der Waals surface area contributed by atoms with Gasteiger partial charge in [-0.2, -0.15) is 24.5 Å². The first-order valence-electron chi connectivity index (χ1n) is 8.03. The summed E-state index contributed by atoms with van der Waals surface area (Å²) in [6.45, 7) is 0.924. The van der Waals surface area contributed by atoms with Gasteiger partial charge in [-0.25, -0.2) is 0 Å². The Balaban J connectivity index is 1.97. The summed E-state index contributed by atoms with van der Waals surface area (Å²) < 4.78 is 40.5. The molecule has 2 heterocycles. The zero-order valence-corrected chi connectivity index (χ0v) is 14.2. The summed E-state index contributed by atoms with van der Waals surface area (Å²) in [5.41, 5.74) is 0.407. The number of benzene rings is 1. The highest BCUT2D eigenvalue weighted by atomic mass is 32.1. The fourth-order valence-electron chi connectivity index (χ4n) is 3.42. The molecule has 1 aliphatic rings. The lowest BCUT2D eigenvalue weighted by Crippen LogP contribution is -2.39. The van der Waals surface area contributed by atoms with Crippen molar-refractivity contribution in [1.82, 2.24) is 4.90 Å². The van der Waals surface area contributed by atoms with E-state index in [0.717, 1.165) is 11.6 Å². The third kappa shape index (κ3) is 3.88. The maximum Gasteiger partial charge on any atom is 0.416 e. The van der Waals surface area contributed by atoms with E-state index in [9.17, 15) is 18.0 Å². The maximum absolute atomic E-state index is 13.5. The Kier molecular flexibility index (Phi) is 5.15. The minimum atomic E-state index is -4.43. The summed E-state index contributed by atoms with van der Waals surface area (Å²) in [5, 5.41) is 12.9. The summed E-state index contributed by atoms with van der Waals surface area (Å²) >= 11 is 1.44. The van der Waals surface area contributed by atoms with Gasteiger partial charge >= 0.3 is 12.1 Å². The van der Waals surface area contributed by atoms with Crippen LogP contribution in [0.5, 0.6) is 0 Å². The highest BCUT2D eigenvalue weighted by Gasteiger charge is 2.38. The number of hydrogen-bond acceptors (Lipinski definition) is 3. The molecule has 0 spiro atoms. The molecule has 2 aromatic rings. The molecule has 1 aliphatic heterocycles. The third-order valence-corrected chi connectivity index (χ3v) is 5.37. The number of aliphatic carboxylic acids is 1. The van der Waals surface area contributed by atoms with Crippen LogP contribution in [0.3, 0.4) is 0 Å². The summed E-state index contributed by atoms with van der Waals surface area (Å²) in [5.74, 6) is -1.25. The Hall–Kier alpha value is -1.86. The van der Waals surface area contributed by atoms with Gasteiger partial charge in [-0.15, -0.1) is 0 Å². The van der Waals surface area contributed by atoms with Crippen LogP contribution in [0.25, 0.3) is 0 Å². The summed E-state index contributed by atoms with van der Waals surface area (Å²) in [7, 11) is 0. The normalized spacial score (nSPS) is 18.2. The number of likely N-dealkylation sites (tertiary alicyclic amines) is 1. The molecule has 0 bridgehead atoms. The number of piperidine rings is 1. The van der Waals surface area contributed by atoms with Gasteiger partial charge in [0.15, 0.2) is 0 Å². The Labute approximate surface area is 147 Å². The second kappa shape index (κ2) is 7.17. The van der Waals surface area contributed by atoms with Gasteiger partial charge in [0.1, 0.15) is 0 Å². The zero-order chi connectivity index (χ0) is 18.0. The lowest BCUT2D eigenvalue weighted by Gasteiger charge is -2.37. The average Bonchev–Trinajstić information content (AvgIpc) is 3.09. The largest absolute Gasteiger partial charge is 0.481 e. The van der Waals surface area contributed by atoms with Gasteiger partial charge in [-0.3, -0.25) is 9.69 Å². The molecule has 1 aromatic heterocycles. The summed E-state index contributed by atoms with van der Waals surface area (Å²) in [4.78, 5) is 13.1. The van der Waals surface area contributed by atoms with E-state index in [4.69, 9.17) is 5.11 Å². The van der Waals surface area contributed by atoms with Crippen molar-refractivity contribution in [1.29, 1.82) is 0 Å². The zero-order valence-electron chi connectivity index (χ0n) is 13.4. The monoisotopic (exact) mass is 369 g/mol. The van der Waals surface area contributed by atoms with E-state index in [2.05, 4.69) is 0 Å². The number of carboxylic acids is 1. The van der Waals surface area contributed by atoms with Gasteiger partial charge in [0, 0.05) is 0 Å². The van der Waals surface area contributed by atoms with Gasteiger partial charge in [0.05, 0.1) is 17.5 Å². The number of thiophene rings is 1. The molecule has 0 aliphatic carbocycles. The minimum Gasteiger partial charge on any atom is -0.481 e. The Morgan fingerprint density at radius 2 is 1.88 bits per heavy atom. The second-order valence-electron chi connectivity index (χ2n) is 6.19. The molecule has 3 rings (SSSR count). The number of hydrogen-bond donors (Lipinski definition) is 1. The fourth-order valence-corrected chi connectivity index (χ4v) is 4.09. The molecule has 7 heteroatoms. The predicted octanol–water partition coefficient (Wildman–Crippen LogP) is 4.65. The van der Waals surface area contributed by atoms with E-state index < -0.39 is 29.7 Å². The first-order valence-corrected chi connectivity index (χ1v) is 8.97. The molecule has 1 unspecified atom stereocenters. The summed E-state index contributed by atoms with van der Waals surface area (Å²) in [6.07, 6.45) is -3.53. The van der Waals surface area contributed by atoms with Crippen molar-refractivity contribution < 1.29 is 23.1 Å². The van der Waals surface area contributed by atoms with Crippen molar-refractivity contribution >= 4 is 17.3 Å². The van der Waals surface area contributed by atoms with Crippen molar-refractivity contribution in [2.75, 3.05) is 13.1 Å². The van der Waals surface area contributed by atoms with Crippen LogP contribution in [0.4, 0.5) is 13.2 Å². The molecule has 1 atom stereocenters. The van der Waals surface area contributed by atoms with Gasteiger partial charge in [0.25, 0.3) is 0 Å². The van der Waals surface area contributed by atoms with E-state index in [1.807, 2.05) is 21.7 Å². The molecular weight excluding hydrogens is 351 g/mol. The molecule has 3 nitrogen and oxygen atoms in total. The van der Waals surface area contributed by atoms with Crippen molar-refractivity contribution in [3.63, 3.8) is 0 Å². The van der Waals surface area contributed by atoms with Gasteiger partial charge in [-0.1, -0.05) is 18.2 Å². The number of halogens is 3. The minimum absolute atomic E-state index is 0.224. The number of alkyl halides is 3. The summed E-state index contributed by atoms with van der Waals surface area (Å²) in [6, 6.07) is 6.97. The molecule has 1 N–H and O–H groups in total. The number of nitrogens with zero attached hydrogens (tertiary/aromatic N) is 1. The van der Waals surface area contributed by atoms with E-state index >= 15 is 0 Å². The third-order valence-electron chi connectivity index (χ3n) is 4.66. The average molecular weight is 369 g/mol. The number of carbonyl (C=O) groups is 1. The van der Waals surface area contributed by atoms with Gasteiger partial charge < -0.3 is 5.11 Å². The first kappa shape index (κ1) is 17.9. The topological polar surface area (TPSA) is 40.5 Å². The molecule has 25 heavy (non-hydrogen) atoms. The Morgan fingerprint density at radius 1 is 1.20 bits per heavy atom. The second-order valence-corrected chi connectivity index (χ2v) is 6.97. The lowest BCUT2D eigenvalue weighted by atomic mass is 9.90. The Bertz CT molecular complexity index is 722. The van der Waals surface area contributed by atoms with Gasteiger partial charge in [-0.05, 0) is 60.0 Å². The smallest absolute Gasteiger partial charge is 0.416 e. The SMILES string of the molecule is O=C(O)C1CCN(C(c2ccsc2)c2ccccc2C(F)(F)F)CC1. The molecule has 0 radical (unpaired) electrons. The highest BCUT2D eigenvalue weighted by molar-refractivity contribution is 7.08. The predicted molar refractivity (Wildman–Crippen MR) is 89.5 cm³/mol. The number of rotatable bonds is 4. The maximum atomic E-state index is 13.5. The molecule has 1 saturated heterocycles. The van der Waals surface area contributed by atoms with Crippen molar-refractivity contribution in [3.05, 3.63) is 57.8 Å². The first-order chi connectivity index (χ1) is 11.9. The molecule has 134 valence electrons. The highest BCUT2D eigenvalue weighted by Crippen LogP contribution is 2.40. The van der Waals surface area contributed by atoms with Crippen molar-refractivity contribution in [2.24, 2.45) is 5.92 Å². The molecule has 1 fully saturated rings. The van der Waals surface area contributed by atoms with Crippen molar-refractivity contribution in [2.45, 2.75) is 25.1 Å². The molecule has 0 saturated carbocycles. The van der Waals surface area contributed by atoms with Crippen LogP contribution in [0.2, 0.25) is 0 Å². The van der Waals surface area contributed by atoms with Crippen LogP contribution < -0.4 is 0 Å². The van der Waals surface area contributed by atoms with Crippen LogP contribution in [0.1, 0.15) is 35.6 Å². The van der Waals surface area contributed by atoms with Crippen molar-refractivity contribution in [3.8, 4) is 0 Å². The Morgan fingerprint density at radius 3 is 2.44 bits per heavy atom. The van der Waals surface area contributed by atoms with Crippen LogP contribution in [0, 0.1) is 5.92 Å². The fraction of sp³-hybridized carbons (Fsp3) is 0.389.